The molecule has 1 aromatic heterocycles. The van der Waals surface area contributed by atoms with E-state index in [0.717, 1.165) is 13.1 Å². The highest BCUT2D eigenvalue weighted by Crippen LogP contribution is 2.20. The summed E-state index contributed by atoms with van der Waals surface area (Å²) in [7, 11) is 1.37. The van der Waals surface area contributed by atoms with E-state index in [9.17, 15) is 4.79 Å². The van der Waals surface area contributed by atoms with Crippen LogP contribution < -0.4 is 5.32 Å². The monoisotopic (exact) mass is 293 g/mol. The molecule has 0 aliphatic rings. The largest absolute Gasteiger partial charge is 0.465 e. The van der Waals surface area contributed by atoms with Crippen molar-refractivity contribution in [1.82, 2.24) is 5.32 Å². The second-order valence-corrected chi connectivity index (χ2v) is 6.01. The van der Waals surface area contributed by atoms with Crippen molar-refractivity contribution in [2.75, 3.05) is 20.2 Å². The predicted octanol–water partition coefficient (Wildman–Crippen LogP) is 3.66. The van der Waals surface area contributed by atoms with E-state index < -0.39 is 0 Å². The Kier molecular flexibility index (Phi) is 6.69. The van der Waals surface area contributed by atoms with Gasteiger partial charge in [-0.1, -0.05) is 33.3 Å². The first-order valence-corrected chi connectivity index (χ1v) is 7.45. The van der Waals surface area contributed by atoms with Gasteiger partial charge in [-0.3, -0.25) is 0 Å². The molecule has 0 aromatic carbocycles. The third-order valence-electron chi connectivity index (χ3n) is 3.29. The fraction of sp³-hybridized carbons (Fsp3) is 0.588. The topological polar surface area (TPSA) is 51.5 Å². The van der Waals surface area contributed by atoms with E-state index in [1.54, 1.807) is 13.0 Å². The van der Waals surface area contributed by atoms with Gasteiger partial charge in [-0.2, -0.15) is 0 Å². The zero-order valence-corrected chi connectivity index (χ0v) is 13.9. The number of hydrogen-bond acceptors (Lipinski definition) is 4. The molecule has 4 heteroatoms. The molecule has 0 atom stereocenters. The first-order valence-electron chi connectivity index (χ1n) is 7.45. The van der Waals surface area contributed by atoms with Crippen molar-refractivity contribution >= 4 is 12.0 Å². The summed E-state index contributed by atoms with van der Waals surface area (Å²) in [5, 5.41) is 3.44. The number of ether oxygens (including phenoxy) is 1. The Bertz CT molecular complexity index is 498. The van der Waals surface area contributed by atoms with E-state index in [1.165, 1.54) is 12.7 Å². The van der Waals surface area contributed by atoms with Gasteiger partial charge < -0.3 is 14.5 Å². The third kappa shape index (κ3) is 5.38. The lowest BCUT2D eigenvalue weighted by Crippen LogP contribution is -2.23. The minimum atomic E-state index is -0.361. The smallest absolute Gasteiger partial charge is 0.341 e. The van der Waals surface area contributed by atoms with Gasteiger partial charge in [0.05, 0.1) is 7.11 Å². The lowest BCUT2D eigenvalue weighted by molar-refractivity contribution is 0.0599. The Hall–Kier alpha value is -1.55. The van der Waals surface area contributed by atoms with Crippen LogP contribution in [0.15, 0.2) is 16.1 Å². The molecule has 0 amide bonds. The van der Waals surface area contributed by atoms with Gasteiger partial charge in [-0.05, 0) is 37.4 Å². The van der Waals surface area contributed by atoms with Gasteiger partial charge >= 0.3 is 5.97 Å². The molecule has 1 N–H and O–H groups in total. The summed E-state index contributed by atoms with van der Waals surface area (Å²) in [6.07, 6.45) is 2.01. The first-order chi connectivity index (χ1) is 9.85. The maximum Gasteiger partial charge on any atom is 0.341 e. The number of methoxy groups -OCH3 is 1. The zero-order chi connectivity index (χ0) is 16.0. The zero-order valence-electron chi connectivity index (χ0n) is 13.9. The molecule has 0 spiro atoms. The van der Waals surface area contributed by atoms with Crippen molar-refractivity contribution in [3.05, 3.63) is 28.7 Å². The molecule has 0 radical (unpaired) electrons. The normalized spacial score (nSPS) is 12.3. The third-order valence-corrected chi connectivity index (χ3v) is 3.29. The molecule has 0 aliphatic heterocycles. The molecule has 0 bridgehead atoms. The number of carbonyl (C=O) groups is 1. The summed E-state index contributed by atoms with van der Waals surface area (Å²) >= 11 is 0. The minimum Gasteiger partial charge on any atom is -0.465 e. The Balaban J connectivity index is 2.88. The van der Waals surface area contributed by atoms with Crippen LogP contribution in [-0.4, -0.2) is 26.2 Å². The molecule has 0 saturated heterocycles. The van der Waals surface area contributed by atoms with Gasteiger partial charge in [-0.15, -0.1) is 0 Å². The Morgan fingerprint density at radius 2 is 2.05 bits per heavy atom. The van der Waals surface area contributed by atoms with Crippen LogP contribution in [0.25, 0.3) is 6.08 Å². The molecule has 1 rings (SSSR count). The summed E-state index contributed by atoms with van der Waals surface area (Å²) in [4.78, 5) is 11.6. The van der Waals surface area contributed by atoms with E-state index in [4.69, 9.17) is 9.15 Å². The SMILES string of the molecule is COC(=O)c1cc(C=C(CNCC(C)C)C(C)C)oc1C. The molecular weight excluding hydrogens is 266 g/mol. The summed E-state index contributed by atoms with van der Waals surface area (Å²) in [6.45, 7) is 12.3. The average molecular weight is 293 g/mol. The highest BCUT2D eigenvalue weighted by molar-refractivity contribution is 5.91. The molecule has 4 nitrogen and oxygen atoms in total. The van der Waals surface area contributed by atoms with E-state index >= 15 is 0 Å². The average Bonchev–Trinajstić information content (AvgIpc) is 2.77. The number of nitrogens with one attached hydrogen (secondary N) is 1. The summed E-state index contributed by atoms with van der Waals surface area (Å²) in [5.74, 6) is 1.96. The highest BCUT2D eigenvalue weighted by atomic mass is 16.5. The van der Waals surface area contributed by atoms with E-state index in [1.807, 2.05) is 6.08 Å². The summed E-state index contributed by atoms with van der Waals surface area (Å²) < 4.78 is 10.4. The lowest BCUT2D eigenvalue weighted by Gasteiger charge is -2.13. The standard InChI is InChI=1S/C17H27NO3/c1-11(2)9-18-10-14(12(3)4)7-15-8-16(13(5)21-15)17(19)20-6/h7-8,11-12,18H,9-10H2,1-6H3. The van der Waals surface area contributed by atoms with Crippen LogP contribution in [0.2, 0.25) is 0 Å². The molecule has 1 aromatic rings. The molecule has 0 unspecified atom stereocenters. The van der Waals surface area contributed by atoms with Crippen LogP contribution in [0.1, 0.15) is 49.6 Å². The van der Waals surface area contributed by atoms with Gasteiger partial charge in [0.2, 0.25) is 0 Å². The first kappa shape index (κ1) is 17.5. The summed E-state index contributed by atoms with van der Waals surface area (Å²) in [5.41, 5.74) is 1.74. The fourth-order valence-electron chi connectivity index (χ4n) is 2.00. The number of rotatable bonds is 7. The van der Waals surface area contributed by atoms with Gasteiger partial charge in [-0.25, -0.2) is 4.79 Å². The maximum atomic E-state index is 11.6. The summed E-state index contributed by atoms with van der Waals surface area (Å²) in [6, 6.07) is 1.74. The van der Waals surface area contributed by atoms with Crippen molar-refractivity contribution in [1.29, 1.82) is 0 Å². The second-order valence-electron chi connectivity index (χ2n) is 6.01. The van der Waals surface area contributed by atoms with Crippen LogP contribution in [0, 0.1) is 18.8 Å². The highest BCUT2D eigenvalue weighted by Gasteiger charge is 2.15. The van der Waals surface area contributed by atoms with Crippen molar-refractivity contribution in [3.8, 4) is 0 Å². The molecular formula is C17H27NO3. The molecule has 0 saturated carbocycles. The van der Waals surface area contributed by atoms with Crippen LogP contribution in [0.4, 0.5) is 0 Å². The van der Waals surface area contributed by atoms with Crippen LogP contribution >= 0.6 is 0 Å². The number of carbonyl (C=O) groups excluding carboxylic acids is 1. The van der Waals surface area contributed by atoms with E-state index in [0.29, 0.717) is 28.9 Å². The van der Waals surface area contributed by atoms with Crippen LogP contribution in [0.5, 0.6) is 0 Å². The van der Waals surface area contributed by atoms with E-state index in [2.05, 4.69) is 33.0 Å². The minimum absolute atomic E-state index is 0.361. The maximum absolute atomic E-state index is 11.6. The Labute approximate surface area is 127 Å². The fourth-order valence-corrected chi connectivity index (χ4v) is 2.00. The quantitative estimate of drug-likeness (QED) is 0.779. The predicted molar refractivity (Wildman–Crippen MR) is 85.3 cm³/mol. The molecule has 1 heterocycles. The molecule has 0 aliphatic carbocycles. The number of aryl methyl sites for hydroxylation is 1. The van der Waals surface area contributed by atoms with Gasteiger partial charge in [0.15, 0.2) is 0 Å². The van der Waals surface area contributed by atoms with Crippen molar-refractivity contribution in [2.24, 2.45) is 11.8 Å². The lowest BCUT2D eigenvalue weighted by atomic mass is 10.0. The molecule has 0 fully saturated rings. The van der Waals surface area contributed by atoms with Crippen molar-refractivity contribution in [3.63, 3.8) is 0 Å². The van der Waals surface area contributed by atoms with Crippen LogP contribution in [0.3, 0.4) is 0 Å². The Morgan fingerprint density at radius 3 is 2.57 bits per heavy atom. The van der Waals surface area contributed by atoms with Gasteiger partial charge in [0.25, 0.3) is 0 Å². The van der Waals surface area contributed by atoms with Crippen molar-refractivity contribution < 1.29 is 13.9 Å². The molecule has 21 heavy (non-hydrogen) atoms. The number of hydrogen-bond donors (Lipinski definition) is 1. The second kappa shape index (κ2) is 8.03. The van der Waals surface area contributed by atoms with E-state index in [-0.39, 0.29) is 5.97 Å². The molecule has 118 valence electrons. The van der Waals surface area contributed by atoms with Crippen molar-refractivity contribution in [2.45, 2.75) is 34.6 Å². The number of furan rings is 1. The number of esters is 1. The Morgan fingerprint density at radius 1 is 1.38 bits per heavy atom. The van der Waals surface area contributed by atoms with Gasteiger partial charge in [0, 0.05) is 6.54 Å². The van der Waals surface area contributed by atoms with Gasteiger partial charge in [0.1, 0.15) is 17.1 Å². The van der Waals surface area contributed by atoms with Crippen LogP contribution in [-0.2, 0) is 4.74 Å².